The summed E-state index contributed by atoms with van der Waals surface area (Å²) in [6.45, 7) is 3.82. The molecule has 0 fully saturated rings. The van der Waals surface area contributed by atoms with Gasteiger partial charge in [0.1, 0.15) is 39.6 Å². The molecule has 0 bridgehead atoms. The van der Waals surface area contributed by atoms with Crippen LogP contribution in [0.4, 0.5) is 10.5 Å². The van der Waals surface area contributed by atoms with E-state index in [9.17, 15) is 68.4 Å². The summed E-state index contributed by atoms with van der Waals surface area (Å²) in [5, 5.41) is 59.2. The van der Waals surface area contributed by atoms with E-state index in [2.05, 4.69) is 5.32 Å². The number of carboxylic acid groups (broad SMARTS) is 4. The maximum atomic E-state index is 12.8. The minimum atomic E-state index is -1.33. The molecule has 8 atom stereocenters. The minimum Gasteiger partial charge on any atom is -0.481 e. The van der Waals surface area contributed by atoms with Crippen molar-refractivity contribution in [1.29, 1.82) is 0 Å². The van der Waals surface area contributed by atoms with Gasteiger partial charge in [0.05, 0.1) is 67.0 Å². The molecular weight excluding hydrogens is 943 g/mol. The van der Waals surface area contributed by atoms with Crippen molar-refractivity contribution < 1.29 is 107 Å². The zero-order valence-corrected chi connectivity index (χ0v) is 40.8. The second-order valence-electron chi connectivity index (χ2n) is 17.1. The molecule has 0 saturated carbocycles. The second-order valence-corrected chi connectivity index (χ2v) is 17.1. The summed E-state index contributed by atoms with van der Waals surface area (Å²) in [7, 11) is 0. The third-order valence-electron chi connectivity index (χ3n) is 11.7. The predicted octanol–water partition coefficient (Wildman–Crippen LogP) is 4.12. The van der Waals surface area contributed by atoms with Gasteiger partial charge in [0, 0.05) is 5.69 Å². The molecular formula is C48H71NO22. The largest absolute Gasteiger partial charge is 0.481 e. The number of aliphatic carboxylic acids is 4. The van der Waals surface area contributed by atoms with Crippen molar-refractivity contribution in [2.24, 2.45) is 47.3 Å². The van der Waals surface area contributed by atoms with E-state index in [1.807, 2.05) is 0 Å². The molecule has 71 heavy (non-hydrogen) atoms. The molecule has 0 aliphatic heterocycles. The number of ether oxygens (including phenoxy) is 6. The molecule has 0 aliphatic carbocycles. The number of benzene rings is 1. The Balaban J connectivity index is 2.53. The Hall–Kier alpha value is -6.36. The number of hydrogen-bond acceptors (Lipinski definition) is 18. The molecule has 1 rings (SSSR count). The normalized spacial score (nSPS) is 14.4. The maximum absolute atomic E-state index is 12.8. The summed E-state index contributed by atoms with van der Waals surface area (Å²) in [5.74, 6) is -15.8. The van der Waals surface area contributed by atoms with Crippen LogP contribution >= 0.6 is 0 Å². The summed E-state index contributed by atoms with van der Waals surface area (Å²) in [6, 6.07) is 6.13. The van der Waals surface area contributed by atoms with Crippen LogP contribution in [0.25, 0.3) is 0 Å². The lowest BCUT2D eigenvalue weighted by Gasteiger charge is -2.23. The molecule has 0 aromatic heterocycles. The average molecular weight is 1010 g/mol. The van der Waals surface area contributed by atoms with Crippen molar-refractivity contribution in [3.8, 4) is 0 Å². The molecule has 1 amide bonds. The Labute approximate surface area is 411 Å². The monoisotopic (exact) mass is 1010 g/mol. The van der Waals surface area contributed by atoms with E-state index in [0.717, 1.165) is 0 Å². The number of aliphatic hydroxyl groups excluding tert-OH is 2. The first kappa shape index (κ1) is 62.7. The Kier molecular flexibility index (Phi) is 30.8. The van der Waals surface area contributed by atoms with Crippen LogP contribution in [0.2, 0.25) is 0 Å². The highest BCUT2D eigenvalue weighted by Crippen LogP contribution is 2.29. The smallest absolute Gasteiger partial charge is 0.411 e. The molecule has 8 unspecified atom stereocenters. The van der Waals surface area contributed by atoms with Gasteiger partial charge in [-0.1, -0.05) is 39.8 Å². The number of carbonyl (C=O) groups is 10. The molecule has 0 radical (unpaired) electrons. The van der Waals surface area contributed by atoms with E-state index >= 15 is 0 Å². The fraction of sp³-hybridized carbons (Fsp3) is 0.667. The lowest BCUT2D eigenvalue weighted by Crippen LogP contribution is -2.30. The van der Waals surface area contributed by atoms with Crippen LogP contribution in [-0.4, -0.2) is 143 Å². The SMILES string of the molecule is CCC(CCC(CCC(CCC(C)C(=O)OCCOC(=O)Nc1cccc(CC(=O)OCCOC(=O)C(CC)CC(CC(CC(C)C(=O)OCCO)C(=O)O)C(=O)O)c1)C(=O)O)C(=O)O)C(=O)OCCO. The number of esters is 5. The molecule has 0 heterocycles. The third-order valence-corrected chi connectivity index (χ3v) is 11.7. The van der Waals surface area contributed by atoms with Gasteiger partial charge in [0.2, 0.25) is 0 Å². The third kappa shape index (κ3) is 25.9. The molecule has 7 N–H and O–H groups in total. The summed E-state index contributed by atoms with van der Waals surface area (Å²) >= 11 is 0. The number of nitrogens with one attached hydrogen (secondary N) is 1. The van der Waals surface area contributed by atoms with Gasteiger partial charge in [0.25, 0.3) is 0 Å². The number of anilines is 1. The molecule has 0 spiro atoms. The predicted molar refractivity (Wildman–Crippen MR) is 246 cm³/mol. The van der Waals surface area contributed by atoms with Gasteiger partial charge < -0.3 is 59.1 Å². The maximum Gasteiger partial charge on any atom is 0.411 e. The highest BCUT2D eigenvalue weighted by molar-refractivity contribution is 5.85. The topological polar surface area (TPSA) is 359 Å². The fourth-order valence-electron chi connectivity index (χ4n) is 7.40. The molecule has 0 aliphatic rings. The zero-order chi connectivity index (χ0) is 53.5. The van der Waals surface area contributed by atoms with Crippen molar-refractivity contribution in [2.45, 2.75) is 105 Å². The Morgan fingerprint density at radius 2 is 0.901 bits per heavy atom. The van der Waals surface area contributed by atoms with Crippen molar-refractivity contribution in [3.63, 3.8) is 0 Å². The molecule has 0 saturated heterocycles. The number of carbonyl (C=O) groups excluding carboxylic acids is 6. The molecule has 1 aromatic carbocycles. The second kappa shape index (κ2) is 34.9. The van der Waals surface area contributed by atoms with Crippen LogP contribution < -0.4 is 5.32 Å². The van der Waals surface area contributed by atoms with Gasteiger partial charge >= 0.3 is 59.8 Å². The van der Waals surface area contributed by atoms with Gasteiger partial charge in [-0.2, -0.15) is 0 Å². The van der Waals surface area contributed by atoms with Gasteiger partial charge in [-0.15, -0.1) is 0 Å². The standard InChI is InChI=1S/C48H71NO22/c1-5-32(46(63)68-19-17-51)12-13-35(41(55)56)15-14-34(40(53)54)11-10-29(3)44(61)69-22-23-71-48(65)49-38-9-7-8-31(25-38)26-39(52)66-20-21-70-47(64)33(6-2)27-37(43(59)60)28-36(42(57)58)24-30(4)45(62)67-18-16-50/h7-9,25,29-30,32-37,50-51H,5-6,10-24,26-28H2,1-4H3,(H,49,65)(H,53,54)(H,55,56)(H,57,58)(H,59,60). The minimum absolute atomic E-state index is 0.0256. The van der Waals surface area contributed by atoms with Gasteiger partial charge in [0.15, 0.2) is 0 Å². The summed E-state index contributed by atoms with van der Waals surface area (Å²) in [4.78, 5) is 123. The van der Waals surface area contributed by atoms with Crippen molar-refractivity contribution in [2.75, 3.05) is 58.2 Å². The number of amides is 1. The Morgan fingerprint density at radius 3 is 1.44 bits per heavy atom. The van der Waals surface area contributed by atoms with Crippen LogP contribution in [0, 0.1) is 47.3 Å². The first-order valence-corrected chi connectivity index (χ1v) is 23.6. The molecule has 23 nitrogen and oxygen atoms in total. The summed E-state index contributed by atoms with van der Waals surface area (Å²) in [6.07, 6.45) is -0.832. The summed E-state index contributed by atoms with van der Waals surface area (Å²) < 4.78 is 30.4. The number of hydrogen-bond donors (Lipinski definition) is 7. The van der Waals surface area contributed by atoms with E-state index in [4.69, 9.17) is 38.6 Å². The number of carboxylic acids is 4. The lowest BCUT2D eigenvalue weighted by molar-refractivity contribution is -0.156. The fourth-order valence-corrected chi connectivity index (χ4v) is 7.40. The first-order chi connectivity index (χ1) is 33.7. The zero-order valence-electron chi connectivity index (χ0n) is 40.8. The van der Waals surface area contributed by atoms with Gasteiger partial charge in [-0.05, 0) is 88.3 Å². The highest BCUT2D eigenvalue weighted by atomic mass is 16.6. The molecule has 23 heteroatoms. The highest BCUT2D eigenvalue weighted by Gasteiger charge is 2.34. The van der Waals surface area contributed by atoms with Crippen molar-refractivity contribution in [3.05, 3.63) is 29.8 Å². The van der Waals surface area contributed by atoms with Crippen molar-refractivity contribution >= 4 is 65.5 Å². The van der Waals surface area contributed by atoms with Crippen LogP contribution in [0.3, 0.4) is 0 Å². The van der Waals surface area contributed by atoms with E-state index in [1.54, 1.807) is 26.0 Å². The van der Waals surface area contributed by atoms with Gasteiger partial charge in [-0.3, -0.25) is 48.5 Å². The Bertz CT molecular complexity index is 1890. The van der Waals surface area contributed by atoms with Crippen molar-refractivity contribution in [1.82, 2.24) is 0 Å². The van der Waals surface area contributed by atoms with Gasteiger partial charge in [-0.25, -0.2) is 4.79 Å². The van der Waals surface area contributed by atoms with E-state index < -0.39 is 114 Å². The molecule has 400 valence electrons. The number of aliphatic hydroxyl groups is 2. The summed E-state index contributed by atoms with van der Waals surface area (Å²) in [5.41, 5.74) is 0.683. The quantitative estimate of drug-likeness (QED) is 0.0278. The van der Waals surface area contributed by atoms with Crippen LogP contribution in [0.5, 0.6) is 0 Å². The Morgan fingerprint density at radius 1 is 0.479 bits per heavy atom. The van der Waals surface area contributed by atoms with E-state index in [1.165, 1.54) is 26.0 Å². The number of rotatable bonds is 38. The van der Waals surface area contributed by atoms with E-state index in [-0.39, 0.29) is 123 Å². The van der Waals surface area contributed by atoms with Crippen LogP contribution in [-0.2, 0) is 78.0 Å². The average Bonchev–Trinajstić information content (AvgIpc) is 3.32. The lowest BCUT2D eigenvalue weighted by atomic mass is 9.82. The van der Waals surface area contributed by atoms with E-state index in [0.29, 0.717) is 12.0 Å². The molecule has 1 aromatic rings. The first-order valence-electron chi connectivity index (χ1n) is 23.6. The van der Waals surface area contributed by atoms with Crippen LogP contribution in [0.15, 0.2) is 24.3 Å². The van der Waals surface area contributed by atoms with Crippen LogP contribution in [0.1, 0.15) is 104 Å².